The molecule has 168 valence electrons. The van der Waals surface area contributed by atoms with E-state index in [1.165, 1.54) is 0 Å². The van der Waals surface area contributed by atoms with E-state index in [0.29, 0.717) is 19.7 Å². The lowest BCUT2D eigenvalue weighted by Crippen LogP contribution is -2.48. The van der Waals surface area contributed by atoms with Gasteiger partial charge in [-0.25, -0.2) is 4.79 Å². The van der Waals surface area contributed by atoms with Crippen LogP contribution in [0.4, 0.5) is 10.5 Å². The van der Waals surface area contributed by atoms with Gasteiger partial charge in [-0.3, -0.25) is 14.5 Å². The van der Waals surface area contributed by atoms with E-state index in [1.54, 1.807) is 11.8 Å². The van der Waals surface area contributed by atoms with Gasteiger partial charge in [-0.1, -0.05) is 12.1 Å². The lowest BCUT2D eigenvalue weighted by Gasteiger charge is -2.27. The zero-order chi connectivity index (χ0) is 22.2. The summed E-state index contributed by atoms with van der Waals surface area (Å²) < 4.78 is 5.75. The van der Waals surface area contributed by atoms with E-state index in [2.05, 4.69) is 5.32 Å². The Labute approximate surface area is 183 Å². The highest BCUT2D eigenvalue weighted by atomic mass is 16.5. The van der Waals surface area contributed by atoms with Crippen LogP contribution < -0.4 is 10.2 Å². The highest BCUT2D eigenvalue weighted by Crippen LogP contribution is 2.42. The van der Waals surface area contributed by atoms with E-state index < -0.39 is 11.6 Å². The van der Waals surface area contributed by atoms with Crippen molar-refractivity contribution in [3.8, 4) is 0 Å². The second-order valence-electron chi connectivity index (χ2n) is 9.27. The van der Waals surface area contributed by atoms with Gasteiger partial charge in [-0.2, -0.15) is 0 Å². The smallest absolute Gasteiger partial charge is 0.325 e. The molecular weight excluding hydrogens is 396 g/mol. The Kier molecular flexibility index (Phi) is 5.92. The highest BCUT2D eigenvalue weighted by Gasteiger charge is 2.56. The zero-order valence-corrected chi connectivity index (χ0v) is 18.6. The van der Waals surface area contributed by atoms with Crippen molar-refractivity contribution < 1.29 is 19.1 Å². The molecule has 1 saturated carbocycles. The second kappa shape index (κ2) is 8.49. The molecule has 0 aromatic heterocycles. The first-order valence-corrected chi connectivity index (χ1v) is 11.1. The molecule has 1 aromatic carbocycles. The minimum atomic E-state index is -0.876. The molecule has 31 heavy (non-hydrogen) atoms. The van der Waals surface area contributed by atoms with Crippen molar-refractivity contribution in [1.82, 2.24) is 15.1 Å². The monoisotopic (exact) mass is 428 g/mol. The Hall–Kier alpha value is -2.61. The minimum absolute atomic E-state index is 0.00941. The van der Waals surface area contributed by atoms with Crippen molar-refractivity contribution in [2.45, 2.75) is 50.8 Å². The van der Waals surface area contributed by atoms with E-state index in [9.17, 15) is 14.4 Å². The summed E-state index contributed by atoms with van der Waals surface area (Å²) in [5.74, 6) is -0.362. The van der Waals surface area contributed by atoms with Crippen LogP contribution in [0.25, 0.3) is 0 Å². The maximum absolute atomic E-state index is 13.2. The third-order valence-electron chi connectivity index (χ3n) is 6.62. The Morgan fingerprint density at radius 2 is 1.90 bits per heavy atom. The fraction of sp³-hybridized carbons (Fsp3) is 0.609. The molecule has 2 atom stereocenters. The van der Waals surface area contributed by atoms with E-state index in [0.717, 1.165) is 41.8 Å². The molecule has 4 amide bonds. The fourth-order valence-electron chi connectivity index (χ4n) is 4.44. The van der Waals surface area contributed by atoms with Crippen molar-refractivity contribution >= 4 is 23.5 Å². The van der Waals surface area contributed by atoms with Crippen molar-refractivity contribution in [1.29, 1.82) is 0 Å². The minimum Gasteiger partial charge on any atom is -0.378 e. The standard InChI is InChI=1S/C23H32N4O4/c1-23(17-8-9-17)21(29)27(22(30)24-23)15-20(28)26(14-19-5-4-12-31-19)13-16-6-10-18(11-7-16)25(2)3/h6-7,10-11,17,19H,4-5,8-9,12-15H2,1-3H3,(H,24,30). The van der Waals surface area contributed by atoms with Crippen LogP contribution in [0, 0.1) is 5.92 Å². The lowest BCUT2D eigenvalue weighted by atomic mass is 9.96. The second-order valence-corrected chi connectivity index (χ2v) is 9.27. The van der Waals surface area contributed by atoms with Gasteiger partial charge in [0.1, 0.15) is 12.1 Å². The number of nitrogens with one attached hydrogen (secondary N) is 1. The fourth-order valence-corrected chi connectivity index (χ4v) is 4.44. The summed E-state index contributed by atoms with van der Waals surface area (Å²) in [7, 11) is 3.96. The maximum Gasteiger partial charge on any atom is 0.325 e. The first-order valence-electron chi connectivity index (χ1n) is 11.1. The number of carbonyl (C=O) groups excluding carboxylic acids is 3. The van der Waals surface area contributed by atoms with Crippen LogP contribution in [-0.2, 0) is 20.9 Å². The lowest BCUT2D eigenvalue weighted by molar-refractivity contribution is -0.140. The molecule has 8 nitrogen and oxygen atoms in total. The zero-order valence-electron chi connectivity index (χ0n) is 18.6. The van der Waals surface area contributed by atoms with Crippen LogP contribution in [0.15, 0.2) is 24.3 Å². The topological polar surface area (TPSA) is 82.2 Å². The Morgan fingerprint density at radius 1 is 1.19 bits per heavy atom. The average molecular weight is 429 g/mol. The van der Waals surface area contributed by atoms with E-state index >= 15 is 0 Å². The van der Waals surface area contributed by atoms with Crippen LogP contribution in [0.2, 0.25) is 0 Å². The van der Waals surface area contributed by atoms with Gasteiger partial charge in [-0.05, 0) is 56.2 Å². The summed E-state index contributed by atoms with van der Waals surface area (Å²) >= 11 is 0. The first kappa shape index (κ1) is 21.6. The number of anilines is 1. The third kappa shape index (κ3) is 4.54. The number of imide groups is 1. The van der Waals surface area contributed by atoms with Gasteiger partial charge in [0.25, 0.3) is 5.91 Å². The van der Waals surface area contributed by atoms with E-state index in [-0.39, 0.29) is 30.4 Å². The number of hydrogen-bond acceptors (Lipinski definition) is 5. The van der Waals surface area contributed by atoms with Gasteiger partial charge in [0.15, 0.2) is 0 Å². The Balaban J connectivity index is 1.47. The van der Waals surface area contributed by atoms with E-state index in [4.69, 9.17) is 4.74 Å². The van der Waals surface area contributed by atoms with Crippen LogP contribution in [0.3, 0.4) is 0 Å². The molecule has 2 heterocycles. The van der Waals surface area contributed by atoms with Crippen molar-refractivity contribution in [2.75, 3.05) is 38.7 Å². The maximum atomic E-state index is 13.2. The molecule has 2 unspecified atom stereocenters. The summed E-state index contributed by atoms with van der Waals surface area (Å²) in [6.45, 7) is 3.10. The van der Waals surface area contributed by atoms with Crippen LogP contribution in [-0.4, -0.2) is 73.1 Å². The molecule has 1 N–H and O–H groups in total. The van der Waals surface area contributed by atoms with Crippen LogP contribution >= 0.6 is 0 Å². The normalized spacial score (nSPS) is 25.6. The quantitative estimate of drug-likeness (QED) is 0.641. The summed E-state index contributed by atoms with van der Waals surface area (Å²) in [6.07, 6.45) is 3.74. The van der Waals surface area contributed by atoms with Crippen molar-refractivity contribution in [2.24, 2.45) is 5.92 Å². The summed E-state index contributed by atoms with van der Waals surface area (Å²) in [5.41, 5.74) is 1.20. The number of rotatable bonds is 8. The molecule has 2 aliphatic heterocycles. The number of amides is 4. The molecule has 3 aliphatic rings. The predicted molar refractivity (Wildman–Crippen MR) is 117 cm³/mol. The largest absolute Gasteiger partial charge is 0.378 e. The molecule has 1 aromatic rings. The van der Waals surface area contributed by atoms with Gasteiger partial charge in [0.05, 0.1) is 6.10 Å². The molecule has 0 radical (unpaired) electrons. The number of urea groups is 1. The van der Waals surface area contributed by atoms with Gasteiger partial charge >= 0.3 is 6.03 Å². The average Bonchev–Trinajstić information content (AvgIpc) is 3.44. The number of nitrogens with zero attached hydrogens (tertiary/aromatic N) is 3. The molecule has 0 spiro atoms. The third-order valence-corrected chi connectivity index (χ3v) is 6.62. The number of hydrogen-bond donors (Lipinski definition) is 1. The number of benzene rings is 1. The first-order chi connectivity index (χ1) is 14.8. The van der Waals surface area contributed by atoms with Crippen molar-refractivity contribution in [3.63, 3.8) is 0 Å². The highest BCUT2D eigenvalue weighted by molar-refractivity contribution is 6.09. The Bertz CT molecular complexity index is 846. The SMILES string of the molecule is CN(C)c1ccc(CN(CC2CCCO2)C(=O)CN2C(=O)NC(C)(C3CC3)C2=O)cc1. The summed E-state index contributed by atoms with van der Waals surface area (Å²) in [5, 5.41) is 2.81. The van der Waals surface area contributed by atoms with Gasteiger partial charge in [0, 0.05) is 39.5 Å². The number of carbonyl (C=O) groups is 3. The molecule has 8 heteroatoms. The van der Waals surface area contributed by atoms with Crippen molar-refractivity contribution in [3.05, 3.63) is 29.8 Å². The summed E-state index contributed by atoms with van der Waals surface area (Å²) in [6, 6.07) is 7.57. The summed E-state index contributed by atoms with van der Waals surface area (Å²) in [4.78, 5) is 43.5. The molecule has 2 saturated heterocycles. The molecule has 4 rings (SSSR count). The molecule has 1 aliphatic carbocycles. The predicted octanol–water partition coefficient (Wildman–Crippen LogP) is 1.98. The van der Waals surface area contributed by atoms with Gasteiger partial charge in [0.2, 0.25) is 5.91 Å². The van der Waals surface area contributed by atoms with Gasteiger partial charge < -0.3 is 19.9 Å². The van der Waals surface area contributed by atoms with Gasteiger partial charge in [-0.15, -0.1) is 0 Å². The van der Waals surface area contributed by atoms with Crippen LogP contribution in [0.5, 0.6) is 0 Å². The number of ether oxygens (including phenoxy) is 1. The Morgan fingerprint density at radius 3 is 2.48 bits per heavy atom. The van der Waals surface area contributed by atoms with Crippen LogP contribution in [0.1, 0.15) is 38.2 Å². The molecule has 0 bridgehead atoms. The molecular formula is C23H32N4O4. The van der Waals surface area contributed by atoms with E-state index in [1.807, 2.05) is 43.3 Å². The molecule has 3 fully saturated rings.